The number of thiophene rings is 1. The van der Waals surface area contributed by atoms with Gasteiger partial charge in [0.15, 0.2) is 17.5 Å². The van der Waals surface area contributed by atoms with Gasteiger partial charge >= 0.3 is 6.18 Å². The molecule has 124 valence electrons. The lowest BCUT2D eigenvalue weighted by Crippen LogP contribution is -2.36. The molecule has 0 unspecified atom stereocenters. The van der Waals surface area contributed by atoms with Gasteiger partial charge in [0.25, 0.3) is 0 Å². The van der Waals surface area contributed by atoms with Crippen molar-refractivity contribution in [3.8, 4) is 6.07 Å². The van der Waals surface area contributed by atoms with Crippen LogP contribution >= 0.6 is 11.3 Å². The highest BCUT2D eigenvalue weighted by atomic mass is 32.1. The summed E-state index contributed by atoms with van der Waals surface area (Å²) in [4.78, 5) is 25.9. The normalized spacial score (nSPS) is 23.1. The lowest BCUT2D eigenvalue weighted by atomic mass is 9.75. The van der Waals surface area contributed by atoms with E-state index in [4.69, 9.17) is 0 Å². The van der Waals surface area contributed by atoms with Gasteiger partial charge in [-0.25, -0.2) is 0 Å². The van der Waals surface area contributed by atoms with Crippen molar-refractivity contribution in [1.82, 2.24) is 0 Å². The predicted molar refractivity (Wildman–Crippen MR) is 79.0 cm³/mol. The third kappa shape index (κ3) is 3.99. The second-order valence-electron chi connectivity index (χ2n) is 5.84. The second-order valence-corrected chi connectivity index (χ2v) is 7.13. The molecular weight excluding hydrogens is 327 g/mol. The van der Waals surface area contributed by atoms with Crippen molar-refractivity contribution >= 4 is 22.9 Å². The Morgan fingerprint density at radius 2 is 2.04 bits per heavy atom. The molecule has 1 aromatic rings. The van der Waals surface area contributed by atoms with E-state index in [-0.39, 0.29) is 19.3 Å². The van der Waals surface area contributed by atoms with Crippen molar-refractivity contribution in [1.29, 1.82) is 5.26 Å². The molecule has 1 saturated carbocycles. The average molecular weight is 343 g/mol. The van der Waals surface area contributed by atoms with Gasteiger partial charge in [-0.1, -0.05) is 6.42 Å². The molecule has 1 fully saturated rings. The van der Waals surface area contributed by atoms with E-state index in [2.05, 4.69) is 0 Å². The Kier molecular flexibility index (Phi) is 5.25. The third-order valence-corrected chi connectivity index (χ3v) is 5.21. The molecule has 1 heterocycles. The van der Waals surface area contributed by atoms with E-state index < -0.39 is 35.5 Å². The number of carbonyl (C=O) groups excluding carboxylic acids is 2. The fraction of sp³-hybridized carbons (Fsp3) is 0.562. The molecule has 0 aliphatic heterocycles. The maximum Gasteiger partial charge on any atom is 0.391 e. The van der Waals surface area contributed by atoms with E-state index in [1.807, 2.05) is 0 Å². The number of hydrogen-bond donors (Lipinski definition) is 0. The van der Waals surface area contributed by atoms with Crippen molar-refractivity contribution in [3.63, 3.8) is 0 Å². The number of nitriles is 1. The van der Waals surface area contributed by atoms with Crippen LogP contribution in [-0.2, 0) is 4.79 Å². The number of aryl methyl sites for hydroxylation is 1. The van der Waals surface area contributed by atoms with Gasteiger partial charge in [0.05, 0.1) is 16.9 Å². The third-order valence-electron chi connectivity index (χ3n) is 4.20. The molecule has 0 N–H and O–H groups in total. The molecule has 3 nitrogen and oxygen atoms in total. The summed E-state index contributed by atoms with van der Waals surface area (Å²) < 4.78 is 38.5. The largest absolute Gasteiger partial charge is 0.391 e. The molecule has 0 aromatic carbocycles. The van der Waals surface area contributed by atoms with Crippen LogP contribution in [0, 0.1) is 36.0 Å². The van der Waals surface area contributed by atoms with E-state index in [0.29, 0.717) is 11.3 Å². The van der Waals surface area contributed by atoms with Gasteiger partial charge in [-0.15, -0.1) is 11.3 Å². The Morgan fingerprint density at radius 3 is 2.57 bits per heavy atom. The van der Waals surface area contributed by atoms with Crippen LogP contribution in [0.5, 0.6) is 0 Å². The van der Waals surface area contributed by atoms with Crippen LogP contribution in [0.3, 0.4) is 0 Å². The first-order chi connectivity index (χ1) is 10.7. The average Bonchev–Trinajstić information content (AvgIpc) is 2.93. The lowest BCUT2D eigenvalue weighted by molar-refractivity contribution is -0.186. The van der Waals surface area contributed by atoms with E-state index in [1.54, 1.807) is 25.1 Å². The summed E-state index contributed by atoms with van der Waals surface area (Å²) in [7, 11) is 0. The second kappa shape index (κ2) is 6.83. The van der Waals surface area contributed by atoms with Gasteiger partial charge in [0.2, 0.25) is 0 Å². The zero-order valence-electron chi connectivity index (χ0n) is 12.5. The molecule has 0 bridgehead atoms. The first-order valence-corrected chi connectivity index (χ1v) is 8.16. The number of nitrogens with zero attached hydrogens (tertiary/aromatic N) is 1. The van der Waals surface area contributed by atoms with Crippen LogP contribution in [0.15, 0.2) is 12.1 Å². The van der Waals surface area contributed by atoms with E-state index in [1.165, 1.54) is 11.3 Å². The number of ketones is 2. The van der Waals surface area contributed by atoms with Crippen molar-refractivity contribution in [2.45, 2.75) is 38.8 Å². The molecule has 1 aliphatic rings. The number of carbonyl (C=O) groups is 2. The summed E-state index contributed by atoms with van der Waals surface area (Å²) in [5, 5.41) is 9.18. The smallest absolute Gasteiger partial charge is 0.297 e. The highest BCUT2D eigenvalue weighted by Gasteiger charge is 2.45. The minimum Gasteiger partial charge on any atom is -0.297 e. The van der Waals surface area contributed by atoms with Crippen LogP contribution in [0.4, 0.5) is 13.2 Å². The lowest BCUT2D eigenvalue weighted by Gasteiger charge is -2.30. The van der Waals surface area contributed by atoms with Gasteiger partial charge in [0, 0.05) is 10.8 Å². The maximum absolute atomic E-state index is 12.8. The number of alkyl halides is 3. The molecule has 0 radical (unpaired) electrons. The Labute approximate surface area is 136 Å². The van der Waals surface area contributed by atoms with Crippen LogP contribution in [0.2, 0.25) is 0 Å². The first kappa shape index (κ1) is 17.7. The van der Waals surface area contributed by atoms with Crippen molar-refractivity contribution in [2.24, 2.45) is 17.8 Å². The number of rotatable bonds is 4. The van der Waals surface area contributed by atoms with Crippen LogP contribution in [0.25, 0.3) is 0 Å². The number of halogens is 3. The molecule has 1 aromatic heterocycles. The minimum atomic E-state index is -4.34. The topological polar surface area (TPSA) is 57.9 Å². The highest BCUT2D eigenvalue weighted by molar-refractivity contribution is 7.14. The van der Waals surface area contributed by atoms with E-state index >= 15 is 0 Å². The standard InChI is InChI=1S/C16H16F3NO2S/c1-9-5-6-13(23-9)15(22)12(8-20)14(21)10-3-2-4-11(7-10)16(17,18)19/h5-6,10-12H,2-4,7H2,1H3/t10-,11-,12+/m0/s1. The molecular formula is C16H16F3NO2S. The zero-order valence-corrected chi connectivity index (χ0v) is 13.3. The molecule has 2 rings (SSSR count). The fourth-order valence-corrected chi connectivity index (χ4v) is 3.78. The van der Waals surface area contributed by atoms with E-state index in [0.717, 1.165) is 4.88 Å². The van der Waals surface area contributed by atoms with Crippen molar-refractivity contribution in [3.05, 3.63) is 21.9 Å². The zero-order chi connectivity index (χ0) is 17.2. The number of hydrogen-bond acceptors (Lipinski definition) is 4. The summed E-state index contributed by atoms with van der Waals surface area (Å²) in [5.74, 6) is -5.18. The quantitative estimate of drug-likeness (QED) is 0.604. The summed E-state index contributed by atoms with van der Waals surface area (Å²) in [6.07, 6.45) is -4.07. The molecule has 0 spiro atoms. The van der Waals surface area contributed by atoms with Crippen molar-refractivity contribution in [2.75, 3.05) is 0 Å². The summed E-state index contributed by atoms with van der Waals surface area (Å²) in [6, 6.07) is 4.93. The molecule has 0 amide bonds. The molecule has 1 aliphatic carbocycles. The van der Waals surface area contributed by atoms with Gasteiger partial charge in [0.1, 0.15) is 0 Å². The SMILES string of the molecule is Cc1ccc(C(=O)[C@H](C#N)C(=O)[C@H]2CCC[C@H](C(F)(F)F)C2)s1. The van der Waals surface area contributed by atoms with Gasteiger partial charge < -0.3 is 0 Å². The van der Waals surface area contributed by atoms with Crippen LogP contribution in [-0.4, -0.2) is 17.7 Å². The molecule has 0 saturated heterocycles. The highest BCUT2D eigenvalue weighted by Crippen LogP contribution is 2.41. The van der Waals surface area contributed by atoms with Gasteiger partial charge in [-0.05, 0) is 38.3 Å². The summed E-state index contributed by atoms with van der Waals surface area (Å²) >= 11 is 1.18. The number of Topliss-reactive ketones (excluding diaryl/α,β-unsaturated/α-hetero) is 2. The monoisotopic (exact) mass is 343 g/mol. The minimum absolute atomic E-state index is 0.00255. The fourth-order valence-electron chi connectivity index (χ4n) is 2.94. The summed E-state index contributed by atoms with van der Waals surface area (Å²) in [5.41, 5.74) is 0. The van der Waals surface area contributed by atoms with Crippen molar-refractivity contribution < 1.29 is 22.8 Å². The molecule has 23 heavy (non-hydrogen) atoms. The van der Waals surface area contributed by atoms with E-state index in [9.17, 15) is 28.0 Å². The van der Waals surface area contributed by atoms with Crippen LogP contribution in [0.1, 0.15) is 40.2 Å². The van der Waals surface area contributed by atoms with Gasteiger partial charge in [-0.2, -0.15) is 18.4 Å². The maximum atomic E-state index is 12.8. The molecule has 7 heteroatoms. The Bertz CT molecular complexity index is 644. The Balaban J connectivity index is 2.14. The summed E-state index contributed by atoms with van der Waals surface area (Å²) in [6.45, 7) is 1.79. The Hall–Kier alpha value is -1.68. The Morgan fingerprint density at radius 1 is 1.35 bits per heavy atom. The molecule has 3 atom stereocenters. The van der Waals surface area contributed by atoms with Crippen LogP contribution < -0.4 is 0 Å². The first-order valence-electron chi connectivity index (χ1n) is 7.34. The van der Waals surface area contributed by atoms with Gasteiger partial charge in [-0.3, -0.25) is 9.59 Å². The predicted octanol–water partition coefficient (Wildman–Crippen LogP) is 4.32.